The lowest BCUT2D eigenvalue weighted by Gasteiger charge is -2.22. The summed E-state index contributed by atoms with van der Waals surface area (Å²) in [6.45, 7) is 4.71. The van der Waals surface area contributed by atoms with Crippen LogP contribution in [0.25, 0.3) is 0 Å². The van der Waals surface area contributed by atoms with Crippen LogP contribution in [0.1, 0.15) is 25.8 Å². The minimum atomic E-state index is -0.547. The van der Waals surface area contributed by atoms with Gasteiger partial charge in [0.1, 0.15) is 5.82 Å². The normalized spacial score (nSPS) is 15.4. The van der Waals surface area contributed by atoms with Crippen molar-refractivity contribution in [1.82, 2.24) is 0 Å². The molecule has 100 valence electrons. The smallest absolute Gasteiger partial charge is 0.167 e. The minimum Gasteiger partial charge on any atom is -0.489 e. The van der Waals surface area contributed by atoms with Gasteiger partial charge in [0, 0.05) is 23.6 Å². The average molecular weight is 274 g/mol. The first-order valence-electron chi connectivity index (χ1n) is 5.94. The summed E-state index contributed by atoms with van der Waals surface area (Å²) >= 11 is 5.88. The molecule has 0 atom stereocenters. The van der Waals surface area contributed by atoms with Crippen molar-refractivity contribution in [2.45, 2.75) is 32.2 Å². The summed E-state index contributed by atoms with van der Waals surface area (Å²) in [6.07, 6.45) is 1.10. The van der Waals surface area contributed by atoms with Gasteiger partial charge in [-0.3, -0.25) is 0 Å². The highest BCUT2D eigenvalue weighted by Gasteiger charge is 2.25. The maximum absolute atomic E-state index is 14.1. The Morgan fingerprint density at radius 2 is 2.06 bits per heavy atom. The van der Waals surface area contributed by atoms with E-state index in [1.165, 1.54) is 6.07 Å². The predicted octanol–water partition coefficient (Wildman–Crippen LogP) is 2.92. The van der Waals surface area contributed by atoms with Crippen LogP contribution < -0.4 is 15.2 Å². The van der Waals surface area contributed by atoms with Gasteiger partial charge in [0.15, 0.2) is 11.5 Å². The molecule has 1 aliphatic heterocycles. The number of rotatable bonds is 2. The summed E-state index contributed by atoms with van der Waals surface area (Å²) in [6, 6.07) is 1.46. The Morgan fingerprint density at radius 3 is 2.72 bits per heavy atom. The van der Waals surface area contributed by atoms with Crippen LogP contribution in [0.15, 0.2) is 6.07 Å². The van der Waals surface area contributed by atoms with Crippen LogP contribution in [0.5, 0.6) is 11.5 Å². The number of nitrogens with two attached hydrogens (primary N) is 1. The topological polar surface area (TPSA) is 44.5 Å². The second-order valence-corrected chi connectivity index (χ2v) is 5.60. The Hall–Kier alpha value is -1.00. The van der Waals surface area contributed by atoms with Gasteiger partial charge in [0.2, 0.25) is 0 Å². The zero-order valence-corrected chi connectivity index (χ0v) is 11.3. The van der Waals surface area contributed by atoms with Gasteiger partial charge in [-0.15, -0.1) is 0 Å². The number of halogens is 2. The van der Waals surface area contributed by atoms with E-state index in [0.717, 1.165) is 6.42 Å². The lowest BCUT2D eigenvalue weighted by Crippen LogP contribution is -2.35. The monoisotopic (exact) mass is 273 g/mol. The van der Waals surface area contributed by atoms with Crippen molar-refractivity contribution in [3.63, 3.8) is 0 Å². The first kappa shape index (κ1) is 13.4. The number of ether oxygens (including phenoxy) is 2. The lowest BCUT2D eigenvalue weighted by atomic mass is 9.95. The largest absolute Gasteiger partial charge is 0.489 e. The molecule has 0 amide bonds. The molecule has 18 heavy (non-hydrogen) atoms. The van der Waals surface area contributed by atoms with Crippen molar-refractivity contribution in [3.8, 4) is 11.5 Å². The molecule has 2 rings (SSSR count). The molecular weight excluding hydrogens is 257 g/mol. The van der Waals surface area contributed by atoms with E-state index in [1.807, 2.05) is 13.8 Å². The molecule has 1 aromatic carbocycles. The van der Waals surface area contributed by atoms with E-state index in [-0.39, 0.29) is 5.02 Å². The van der Waals surface area contributed by atoms with Crippen molar-refractivity contribution in [2.75, 3.05) is 13.2 Å². The van der Waals surface area contributed by atoms with E-state index in [2.05, 4.69) is 0 Å². The number of fused-ring (bicyclic) bond motifs is 1. The van der Waals surface area contributed by atoms with Crippen molar-refractivity contribution in [1.29, 1.82) is 0 Å². The third-order valence-electron chi connectivity index (χ3n) is 2.66. The fourth-order valence-electron chi connectivity index (χ4n) is 1.93. The second-order valence-electron chi connectivity index (χ2n) is 5.19. The second kappa shape index (κ2) is 4.94. The highest BCUT2D eigenvalue weighted by Crippen LogP contribution is 2.40. The van der Waals surface area contributed by atoms with Crippen LogP contribution in [0.4, 0.5) is 4.39 Å². The molecule has 0 radical (unpaired) electrons. The van der Waals surface area contributed by atoms with Gasteiger partial charge < -0.3 is 15.2 Å². The molecule has 5 heteroatoms. The van der Waals surface area contributed by atoms with E-state index >= 15 is 0 Å². The number of benzene rings is 1. The summed E-state index contributed by atoms with van der Waals surface area (Å²) in [7, 11) is 0. The maximum atomic E-state index is 14.1. The van der Waals surface area contributed by atoms with Crippen molar-refractivity contribution < 1.29 is 13.9 Å². The van der Waals surface area contributed by atoms with E-state index in [9.17, 15) is 4.39 Å². The predicted molar refractivity (Wildman–Crippen MR) is 69.0 cm³/mol. The fraction of sp³-hybridized carbons (Fsp3) is 0.538. The molecule has 2 N–H and O–H groups in total. The van der Waals surface area contributed by atoms with E-state index < -0.39 is 11.4 Å². The average Bonchev–Trinajstić information content (AvgIpc) is 2.48. The van der Waals surface area contributed by atoms with Gasteiger partial charge in [0.25, 0.3) is 0 Å². The molecule has 0 unspecified atom stereocenters. The Labute approximate surface area is 111 Å². The van der Waals surface area contributed by atoms with Crippen LogP contribution >= 0.6 is 11.6 Å². The summed E-state index contributed by atoms with van der Waals surface area (Å²) in [5, 5.41) is 0.0403. The Kier molecular flexibility index (Phi) is 3.69. The summed E-state index contributed by atoms with van der Waals surface area (Å²) in [5.41, 5.74) is 5.80. The molecule has 1 heterocycles. The van der Waals surface area contributed by atoms with Crippen molar-refractivity contribution >= 4 is 11.6 Å². The number of hydrogen-bond donors (Lipinski definition) is 1. The van der Waals surface area contributed by atoms with Gasteiger partial charge in [-0.2, -0.15) is 0 Å². The lowest BCUT2D eigenvalue weighted by molar-refractivity contribution is 0.295. The van der Waals surface area contributed by atoms with E-state index in [0.29, 0.717) is 36.7 Å². The van der Waals surface area contributed by atoms with Crippen LogP contribution in [0.3, 0.4) is 0 Å². The quantitative estimate of drug-likeness (QED) is 0.901. The SMILES string of the molecule is CC(C)(N)Cc1c(F)c(Cl)cc2c1OCCCO2. The standard InChI is InChI=1S/C13H17ClFNO2/c1-13(2,16)7-8-11(15)9(14)6-10-12(8)18-5-3-4-17-10/h6H,3-5,7,16H2,1-2H3. The van der Waals surface area contributed by atoms with Gasteiger partial charge in [-0.05, 0) is 20.3 Å². The zero-order chi connectivity index (χ0) is 13.3. The Bertz CT molecular complexity index is 457. The molecular formula is C13H17ClFNO2. The fourth-order valence-corrected chi connectivity index (χ4v) is 2.14. The van der Waals surface area contributed by atoms with Crippen LogP contribution in [0, 0.1) is 5.82 Å². The molecule has 0 saturated carbocycles. The van der Waals surface area contributed by atoms with Crippen LogP contribution in [0.2, 0.25) is 5.02 Å². The minimum absolute atomic E-state index is 0.0403. The van der Waals surface area contributed by atoms with Gasteiger partial charge in [-0.25, -0.2) is 4.39 Å². The van der Waals surface area contributed by atoms with Crippen LogP contribution in [-0.2, 0) is 6.42 Å². The Morgan fingerprint density at radius 1 is 1.39 bits per heavy atom. The summed E-state index contributed by atoms with van der Waals surface area (Å²) in [4.78, 5) is 0. The first-order chi connectivity index (χ1) is 8.38. The third kappa shape index (κ3) is 2.87. The number of hydrogen-bond acceptors (Lipinski definition) is 3. The molecule has 0 fully saturated rings. The van der Waals surface area contributed by atoms with Crippen molar-refractivity contribution in [2.24, 2.45) is 5.73 Å². The van der Waals surface area contributed by atoms with E-state index in [1.54, 1.807) is 0 Å². The third-order valence-corrected chi connectivity index (χ3v) is 2.93. The molecule has 3 nitrogen and oxygen atoms in total. The molecule has 0 bridgehead atoms. The van der Waals surface area contributed by atoms with Crippen LogP contribution in [-0.4, -0.2) is 18.8 Å². The molecule has 1 aromatic rings. The van der Waals surface area contributed by atoms with Gasteiger partial charge in [0.05, 0.1) is 18.2 Å². The molecule has 1 aliphatic rings. The first-order valence-corrected chi connectivity index (χ1v) is 6.31. The molecule has 0 aliphatic carbocycles. The van der Waals surface area contributed by atoms with Gasteiger partial charge >= 0.3 is 0 Å². The molecule has 0 saturated heterocycles. The van der Waals surface area contributed by atoms with Crippen molar-refractivity contribution in [3.05, 3.63) is 22.5 Å². The van der Waals surface area contributed by atoms with E-state index in [4.69, 9.17) is 26.8 Å². The molecule has 0 aromatic heterocycles. The molecule has 0 spiro atoms. The summed E-state index contributed by atoms with van der Waals surface area (Å²) in [5.74, 6) is 0.463. The Balaban J connectivity index is 2.51. The zero-order valence-electron chi connectivity index (χ0n) is 10.6. The maximum Gasteiger partial charge on any atom is 0.167 e. The highest BCUT2D eigenvalue weighted by molar-refractivity contribution is 6.31. The highest BCUT2D eigenvalue weighted by atomic mass is 35.5. The summed E-state index contributed by atoms with van der Waals surface area (Å²) < 4.78 is 25.2. The van der Waals surface area contributed by atoms with Gasteiger partial charge in [-0.1, -0.05) is 11.6 Å².